The van der Waals surface area contributed by atoms with Crippen LogP contribution in [0.4, 0.5) is 0 Å². The Hall–Kier alpha value is -0.106. The summed E-state index contributed by atoms with van der Waals surface area (Å²) in [5.74, 6) is 0. The molecule has 1 aliphatic heterocycles. The van der Waals surface area contributed by atoms with Crippen molar-refractivity contribution in [1.29, 1.82) is 0 Å². The van der Waals surface area contributed by atoms with Crippen LogP contribution in [0.5, 0.6) is 0 Å². The normalized spacial score (nSPS) is 16.0. The van der Waals surface area contributed by atoms with Crippen LogP contribution in [-0.4, -0.2) is 77.0 Å². The van der Waals surface area contributed by atoms with Gasteiger partial charge in [0.15, 0.2) is 0 Å². The van der Waals surface area contributed by atoms with E-state index in [4.69, 9.17) is 31.6 Å². The van der Waals surface area contributed by atoms with Crippen LogP contribution in [0.1, 0.15) is 47.5 Å². The van der Waals surface area contributed by atoms with Crippen molar-refractivity contribution in [2.75, 3.05) is 52.9 Å². The fraction of sp³-hybridized carbons (Fsp3) is 0.895. The summed E-state index contributed by atoms with van der Waals surface area (Å²) >= 11 is 0. The van der Waals surface area contributed by atoms with Gasteiger partial charge in [0.1, 0.15) is 6.10 Å². The van der Waals surface area contributed by atoms with Gasteiger partial charge >= 0.3 is 18.1 Å². The highest BCUT2D eigenvalue weighted by Gasteiger charge is 2.36. The van der Waals surface area contributed by atoms with E-state index in [9.17, 15) is 0 Å². The van der Waals surface area contributed by atoms with Crippen molar-refractivity contribution >= 4 is 18.1 Å². The Morgan fingerprint density at radius 1 is 0.929 bits per heavy atom. The van der Waals surface area contributed by atoms with Crippen LogP contribution in [0.15, 0.2) is 12.3 Å². The molecule has 1 rings (SSSR count). The smallest absolute Gasteiger partial charge is 0.397 e. The Morgan fingerprint density at radius 2 is 1.46 bits per heavy atom. The van der Waals surface area contributed by atoms with Crippen LogP contribution in [-0.2, 0) is 31.6 Å². The molecular formula is C19H42O7Si2. The molecule has 0 bridgehead atoms. The minimum Gasteiger partial charge on any atom is -0.397 e. The van der Waals surface area contributed by atoms with Gasteiger partial charge in [-0.3, -0.25) is 0 Å². The van der Waals surface area contributed by atoms with Gasteiger partial charge in [0, 0.05) is 39.6 Å². The van der Waals surface area contributed by atoms with Crippen LogP contribution in [0.3, 0.4) is 0 Å². The Balaban J connectivity index is 0.000000546. The maximum atomic E-state index is 5.59. The van der Waals surface area contributed by atoms with Gasteiger partial charge in [-0.2, -0.15) is 0 Å². The molecule has 0 aromatic carbocycles. The SMILES string of the molecule is C=C[Si](OCC)(OCC)OCC.CCO[SiH](CCCCOCC1CO1)OCC. The van der Waals surface area contributed by atoms with Crippen LogP contribution >= 0.6 is 0 Å². The van der Waals surface area contributed by atoms with E-state index in [0.29, 0.717) is 25.9 Å². The average Bonchev–Trinajstić information content (AvgIpc) is 3.50. The molecule has 9 heteroatoms. The van der Waals surface area contributed by atoms with Gasteiger partial charge in [-0.15, -0.1) is 0 Å². The standard InChI is InChI=1S/C11H24O4Si.C8H18O3Si/c1-3-14-16(15-4-2)8-6-5-7-12-9-11-10-13-11;1-5-9-12(8-4,10-6-2)11-7-3/h11,16H,3-10H2,1-2H3;8H,4-7H2,1-3H3. The van der Waals surface area contributed by atoms with Gasteiger partial charge in [-0.1, -0.05) is 6.58 Å². The van der Waals surface area contributed by atoms with Gasteiger partial charge in [-0.25, -0.2) is 0 Å². The number of rotatable bonds is 18. The summed E-state index contributed by atoms with van der Waals surface area (Å²) in [7, 11) is -3.88. The van der Waals surface area contributed by atoms with E-state index in [0.717, 1.165) is 51.9 Å². The molecular weight excluding hydrogens is 396 g/mol. The maximum absolute atomic E-state index is 5.59. The van der Waals surface area contributed by atoms with E-state index < -0.39 is 18.1 Å². The number of hydrogen-bond acceptors (Lipinski definition) is 7. The van der Waals surface area contributed by atoms with E-state index in [1.165, 1.54) is 0 Å². The third kappa shape index (κ3) is 14.8. The topological polar surface area (TPSA) is 67.9 Å². The first-order valence-electron chi connectivity index (χ1n) is 10.6. The fourth-order valence-corrected chi connectivity index (χ4v) is 5.99. The molecule has 0 aliphatic carbocycles. The minimum absolute atomic E-state index is 0.383. The first-order chi connectivity index (χ1) is 13.6. The molecule has 1 fully saturated rings. The molecule has 1 heterocycles. The second kappa shape index (κ2) is 18.9. The molecule has 0 aromatic heterocycles. The summed E-state index contributed by atoms with van der Waals surface area (Å²) in [6.07, 6.45) is 2.62. The monoisotopic (exact) mass is 438 g/mol. The van der Waals surface area contributed by atoms with Crippen molar-refractivity contribution in [3.63, 3.8) is 0 Å². The first kappa shape index (κ1) is 27.9. The van der Waals surface area contributed by atoms with E-state index in [-0.39, 0.29) is 0 Å². The Labute approximate surface area is 174 Å². The number of ether oxygens (including phenoxy) is 2. The third-order valence-electron chi connectivity index (χ3n) is 3.68. The van der Waals surface area contributed by atoms with Gasteiger partial charge in [0.25, 0.3) is 0 Å². The molecule has 0 saturated carbocycles. The Morgan fingerprint density at radius 3 is 1.86 bits per heavy atom. The number of unbranched alkanes of at least 4 members (excludes halogenated alkanes) is 1. The zero-order chi connectivity index (χ0) is 21.1. The van der Waals surface area contributed by atoms with Crippen LogP contribution in [0.25, 0.3) is 0 Å². The molecule has 0 radical (unpaired) electrons. The van der Waals surface area contributed by atoms with Gasteiger partial charge in [-0.05, 0) is 59.2 Å². The molecule has 168 valence electrons. The van der Waals surface area contributed by atoms with Crippen molar-refractivity contribution in [3.05, 3.63) is 12.3 Å². The lowest BCUT2D eigenvalue weighted by atomic mass is 10.3. The Kier molecular flexibility index (Phi) is 18.8. The van der Waals surface area contributed by atoms with Crippen molar-refractivity contribution < 1.29 is 31.6 Å². The second-order valence-corrected chi connectivity index (χ2v) is 10.6. The molecule has 0 amide bonds. The first-order valence-corrected chi connectivity index (χ1v) is 14.1. The maximum Gasteiger partial charge on any atom is 0.528 e. The van der Waals surface area contributed by atoms with E-state index >= 15 is 0 Å². The summed E-state index contributed by atoms with van der Waals surface area (Å²) < 4.78 is 38.0. The van der Waals surface area contributed by atoms with Gasteiger partial charge in [0.2, 0.25) is 0 Å². The average molecular weight is 439 g/mol. The summed E-state index contributed by atoms with van der Waals surface area (Å²) in [4.78, 5) is 0. The van der Waals surface area contributed by atoms with Gasteiger partial charge in [0.05, 0.1) is 13.2 Å². The molecule has 7 nitrogen and oxygen atoms in total. The molecule has 0 aromatic rings. The number of hydrogen-bond donors (Lipinski definition) is 0. The van der Waals surface area contributed by atoms with Crippen molar-refractivity contribution in [2.45, 2.75) is 59.6 Å². The lowest BCUT2D eigenvalue weighted by molar-refractivity contribution is 0.0844. The van der Waals surface area contributed by atoms with Crippen LogP contribution in [0.2, 0.25) is 6.04 Å². The lowest BCUT2D eigenvalue weighted by Crippen LogP contribution is -2.44. The fourth-order valence-electron chi connectivity index (χ4n) is 2.39. The quantitative estimate of drug-likeness (QED) is 0.185. The minimum atomic E-state index is -2.51. The molecule has 1 unspecified atom stereocenters. The van der Waals surface area contributed by atoms with Crippen LogP contribution < -0.4 is 0 Å². The summed E-state index contributed by atoms with van der Waals surface area (Å²) in [6, 6.07) is 1.09. The third-order valence-corrected chi connectivity index (χ3v) is 8.54. The molecule has 1 atom stereocenters. The summed E-state index contributed by atoms with van der Waals surface area (Å²) in [5.41, 5.74) is 1.67. The summed E-state index contributed by atoms with van der Waals surface area (Å²) in [6.45, 7) is 19.3. The van der Waals surface area contributed by atoms with Crippen molar-refractivity contribution in [3.8, 4) is 0 Å². The molecule has 1 aliphatic rings. The van der Waals surface area contributed by atoms with E-state index in [1.54, 1.807) is 5.70 Å². The predicted molar refractivity (Wildman–Crippen MR) is 116 cm³/mol. The largest absolute Gasteiger partial charge is 0.528 e. The highest BCUT2D eigenvalue weighted by molar-refractivity contribution is 6.66. The highest BCUT2D eigenvalue weighted by atomic mass is 28.4. The van der Waals surface area contributed by atoms with E-state index in [2.05, 4.69) is 6.58 Å². The molecule has 1 saturated heterocycles. The zero-order valence-corrected chi connectivity index (χ0v) is 20.7. The van der Waals surface area contributed by atoms with Crippen molar-refractivity contribution in [2.24, 2.45) is 0 Å². The highest BCUT2D eigenvalue weighted by Crippen LogP contribution is 2.11. The molecule has 28 heavy (non-hydrogen) atoms. The zero-order valence-electron chi connectivity index (χ0n) is 18.6. The molecule has 0 N–H and O–H groups in total. The van der Waals surface area contributed by atoms with Crippen LogP contribution in [0, 0.1) is 0 Å². The van der Waals surface area contributed by atoms with Gasteiger partial charge < -0.3 is 31.6 Å². The Bertz CT molecular complexity index is 334. The second-order valence-electron chi connectivity index (χ2n) is 5.97. The number of epoxide rings is 1. The predicted octanol–water partition coefficient (Wildman–Crippen LogP) is 3.24. The molecule has 0 spiro atoms. The van der Waals surface area contributed by atoms with E-state index in [1.807, 2.05) is 34.6 Å². The lowest BCUT2D eigenvalue weighted by Gasteiger charge is -2.24. The van der Waals surface area contributed by atoms with Crippen molar-refractivity contribution in [1.82, 2.24) is 0 Å². The summed E-state index contributed by atoms with van der Waals surface area (Å²) in [5, 5.41) is 0.